The molecule has 3 aromatic rings. The zero-order valence-electron chi connectivity index (χ0n) is 10.7. The first kappa shape index (κ1) is 13.9. The highest BCUT2D eigenvalue weighted by atomic mass is 35.5. The van der Waals surface area contributed by atoms with E-state index in [0.717, 1.165) is 16.7 Å². The number of esters is 1. The highest BCUT2D eigenvalue weighted by Gasteiger charge is 2.16. The molecule has 0 aliphatic heterocycles. The second-order valence-corrected chi connectivity index (χ2v) is 5.97. The number of thiophene rings is 1. The molecule has 0 radical (unpaired) electrons. The fourth-order valence-corrected chi connectivity index (χ4v) is 2.79. The standard InChI is InChI=1S/C15H9ClO4S/c16-14-6-5-13(21-14)10(17)8-19-15(18)12-7-9-3-1-2-4-11(9)20-12/h1-7H,8H2. The Balaban J connectivity index is 1.67. The van der Waals surface area contributed by atoms with Crippen LogP contribution in [0.3, 0.4) is 0 Å². The molecule has 0 spiro atoms. The zero-order valence-corrected chi connectivity index (χ0v) is 12.2. The number of para-hydroxylation sites is 1. The second kappa shape index (κ2) is 5.71. The molecular weight excluding hydrogens is 312 g/mol. The normalized spacial score (nSPS) is 10.7. The molecule has 0 aliphatic rings. The number of benzene rings is 1. The van der Waals surface area contributed by atoms with Crippen molar-refractivity contribution in [3.05, 3.63) is 57.4 Å². The Hall–Kier alpha value is -2.11. The minimum atomic E-state index is -0.665. The molecule has 21 heavy (non-hydrogen) atoms. The van der Waals surface area contributed by atoms with Crippen molar-refractivity contribution in [3.8, 4) is 0 Å². The van der Waals surface area contributed by atoms with E-state index in [1.807, 2.05) is 18.2 Å². The smallest absolute Gasteiger partial charge is 0.374 e. The monoisotopic (exact) mass is 320 g/mol. The third-order valence-corrected chi connectivity index (χ3v) is 4.08. The molecule has 2 heterocycles. The van der Waals surface area contributed by atoms with E-state index >= 15 is 0 Å². The van der Waals surface area contributed by atoms with Crippen LogP contribution in [0.2, 0.25) is 4.34 Å². The van der Waals surface area contributed by atoms with Gasteiger partial charge < -0.3 is 9.15 Å². The van der Waals surface area contributed by atoms with Crippen LogP contribution in [0.25, 0.3) is 11.0 Å². The number of rotatable bonds is 4. The largest absolute Gasteiger partial charge is 0.451 e. The number of ketones is 1. The summed E-state index contributed by atoms with van der Waals surface area (Å²) >= 11 is 6.90. The molecule has 6 heteroatoms. The van der Waals surface area contributed by atoms with Gasteiger partial charge in [0.1, 0.15) is 5.58 Å². The van der Waals surface area contributed by atoms with E-state index in [1.165, 1.54) is 0 Å². The summed E-state index contributed by atoms with van der Waals surface area (Å²) in [5.74, 6) is -0.883. The van der Waals surface area contributed by atoms with E-state index in [0.29, 0.717) is 14.8 Å². The molecule has 0 saturated carbocycles. The quantitative estimate of drug-likeness (QED) is 0.534. The first-order valence-corrected chi connectivity index (χ1v) is 7.27. The van der Waals surface area contributed by atoms with E-state index in [4.69, 9.17) is 20.8 Å². The number of hydrogen-bond acceptors (Lipinski definition) is 5. The van der Waals surface area contributed by atoms with Crippen molar-refractivity contribution in [1.29, 1.82) is 0 Å². The van der Waals surface area contributed by atoms with E-state index in [-0.39, 0.29) is 18.2 Å². The maximum atomic E-state index is 11.9. The molecular formula is C15H9ClO4S. The summed E-state index contributed by atoms with van der Waals surface area (Å²) in [6, 6.07) is 12.1. The van der Waals surface area contributed by atoms with Crippen molar-refractivity contribution in [2.75, 3.05) is 6.61 Å². The van der Waals surface area contributed by atoms with Crippen LogP contribution in [-0.4, -0.2) is 18.4 Å². The Bertz CT molecular complexity index is 785. The molecule has 106 valence electrons. The summed E-state index contributed by atoms with van der Waals surface area (Å²) in [4.78, 5) is 24.1. The van der Waals surface area contributed by atoms with Gasteiger partial charge in [-0.3, -0.25) is 4.79 Å². The first-order valence-electron chi connectivity index (χ1n) is 6.08. The molecule has 0 saturated heterocycles. The Labute approximate surface area is 128 Å². The fourth-order valence-electron chi connectivity index (χ4n) is 1.82. The molecule has 0 unspecified atom stereocenters. The van der Waals surface area contributed by atoms with Gasteiger partial charge in [-0.2, -0.15) is 0 Å². The second-order valence-electron chi connectivity index (χ2n) is 4.25. The van der Waals surface area contributed by atoms with Gasteiger partial charge in [0.15, 0.2) is 6.61 Å². The highest BCUT2D eigenvalue weighted by molar-refractivity contribution is 7.18. The predicted octanol–water partition coefficient (Wildman–Crippen LogP) is 4.19. The first-order chi connectivity index (χ1) is 10.1. The van der Waals surface area contributed by atoms with Crippen LogP contribution < -0.4 is 0 Å². The topological polar surface area (TPSA) is 56.5 Å². The minimum Gasteiger partial charge on any atom is -0.451 e. The summed E-state index contributed by atoms with van der Waals surface area (Å²) < 4.78 is 10.8. The van der Waals surface area contributed by atoms with E-state index in [2.05, 4.69) is 0 Å². The van der Waals surface area contributed by atoms with Gasteiger partial charge in [0, 0.05) is 5.39 Å². The molecule has 0 N–H and O–H groups in total. The van der Waals surface area contributed by atoms with Gasteiger partial charge in [-0.25, -0.2) is 4.79 Å². The maximum Gasteiger partial charge on any atom is 0.374 e. The van der Waals surface area contributed by atoms with Crippen LogP contribution in [0.4, 0.5) is 0 Å². The maximum absolute atomic E-state index is 11.9. The average Bonchev–Trinajstić information content (AvgIpc) is 3.10. The Morgan fingerprint density at radius 3 is 2.71 bits per heavy atom. The SMILES string of the molecule is O=C(OCC(=O)c1ccc(Cl)s1)c1cc2ccccc2o1. The van der Waals surface area contributed by atoms with Crippen LogP contribution >= 0.6 is 22.9 Å². The lowest BCUT2D eigenvalue weighted by atomic mass is 10.2. The van der Waals surface area contributed by atoms with Crippen molar-refractivity contribution in [3.63, 3.8) is 0 Å². The minimum absolute atomic E-state index is 0.0770. The van der Waals surface area contributed by atoms with Crippen LogP contribution in [0.5, 0.6) is 0 Å². The third-order valence-electron chi connectivity index (χ3n) is 2.81. The van der Waals surface area contributed by atoms with Crippen LogP contribution in [0, 0.1) is 0 Å². The summed E-state index contributed by atoms with van der Waals surface area (Å²) in [7, 11) is 0. The molecule has 0 fully saturated rings. The lowest BCUT2D eigenvalue weighted by Gasteiger charge is -2.00. The van der Waals surface area contributed by atoms with Crippen LogP contribution in [-0.2, 0) is 4.74 Å². The summed E-state index contributed by atoms with van der Waals surface area (Å²) in [5.41, 5.74) is 0.598. The number of ether oxygens (including phenoxy) is 1. The molecule has 0 aliphatic carbocycles. The molecule has 1 aromatic carbocycles. The van der Waals surface area contributed by atoms with Crippen molar-refractivity contribution in [2.45, 2.75) is 0 Å². The summed E-state index contributed by atoms with van der Waals surface area (Å²) in [6.07, 6.45) is 0. The van der Waals surface area contributed by atoms with Gasteiger partial charge in [0.05, 0.1) is 9.21 Å². The van der Waals surface area contributed by atoms with Gasteiger partial charge in [-0.15, -0.1) is 11.3 Å². The molecule has 3 rings (SSSR count). The molecule has 0 amide bonds. The Morgan fingerprint density at radius 2 is 2.00 bits per heavy atom. The van der Waals surface area contributed by atoms with Gasteiger partial charge in [0.25, 0.3) is 0 Å². The molecule has 4 nitrogen and oxygen atoms in total. The van der Waals surface area contributed by atoms with Gasteiger partial charge in [0.2, 0.25) is 11.5 Å². The lowest BCUT2D eigenvalue weighted by molar-refractivity contribution is 0.0447. The van der Waals surface area contributed by atoms with Crippen LogP contribution in [0.1, 0.15) is 20.2 Å². The third kappa shape index (κ3) is 2.99. The summed E-state index contributed by atoms with van der Waals surface area (Å²) in [6.45, 7) is -0.341. The average molecular weight is 321 g/mol. The van der Waals surface area contributed by atoms with Crippen LogP contribution in [0.15, 0.2) is 46.9 Å². The molecule has 2 aromatic heterocycles. The van der Waals surface area contributed by atoms with E-state index in [9.17, 15) is 9.59 Å². The number of furan rings is 1. The van der Waals surface area contributed by atoms with Crippen molar-refractivity contribution in [1.82, 2.24) is 0 Å². The van der Waals surface area contributed by atoms with Crippen molar-refractivity contribution in [2.24, 2.45) is 0 Å². The Morgan fingerprint density at radius 1 is 1.19 bits per heavy atom. The van der Waals surface area contributed by atoms with Crippen molar-refractivity contribution >= 4 is 45.7 Å². The number of fused-ring (bicyclic) bond motifs is 1. The Kier molecular flexibility index (Phi) is 3.77. The number of halogens is 1. The van der Waals surface area contributed by atoms with E-state index in [1.54, 1.807) is 24.3 Å². The molecule has 0 bridgehead atoms. The van der Waals surface area contributed by atoms with E-state index < -0.39 is 5.97 Å². The van der Waals surface area contributed by atoms with Gasteiger partial charge in [-0.05, 0) is 24.3 Å². The highest BCUT2D eigenvalue weighted by Crippen LogP contribution is 2.22. The fraction of sp³-hybridized carbons (Fsp3) is 0.0667. The molecule has 0 atom stereocenters. The number of hydrogen-bond donors (Lipinski definition) is 0. The number of carbonyl (C=O) groups excluding carboxylic acids is 2. The zero-order chi connectivity index (χ0) is 14.8. The van der Waals surface area contributed by atoms with Gasteiger partial charge in [-0.1, -0.05) is 29.8 Å². The van der Waals surface area contributed by atoms with Gasteiger partial charge >= 0.3 is 5.97 Å². The predicted molar refractivity (Wildman–Crippen MR) is 80.2 cm³/mol. The van der Waals surface area contributed by atoms with Crippen molar-refractivity contribution < 1.29 is 18.7 Å². The number of carbonyl (C=O) groups is 2. The number of Topliss-reactive ketones (excluding diaryl/α,β-unsaturated/α-hetero) is 1. The lowest BCUT2D eigenvalue weighted by Crippen LogP contribution is -2.12. The summed E-state index contributed by atoms with van der Waals surface area (Å²) in [5, 5.41) is 0.806.